The van der Waals surface area contributed by atoms with Crippen molar-refractivity contribution in [1.29, 1.82) is 0 Å². The molecule has 0 bridgehead atoms. The molecule has 4 nitrogen and oxygen atoms in total. The van der Waals surface area contributed by atoms with Crippen LogP contribution >= 0.6 is 11.3 Å². The van der Waals surface area contributed by atoms with Gasteiger partial charge in [0, 0.05) is 30.1 Å². The molecule has 0 fully saturated rings. The average Bonchev–Trinajstić information content (AvgIpc) is 3.37. The molecule has 0 radical (unpaired) electrons. The lowest BCUT2D eigenvalue weighted by Crippen LogP contribution is -2.29. The summed E-state index contributed by atoms with van der Waals surface area (Å²) in [6.07, 6.45) is 14.6. The Morgan fingerprint density at radius 1 is 1.21 bits per heavy atom. The number of thiazole rings is 1. The van der Waals surface area contributed by atoms with E-state index in [4.69, 9.17) is 11.2 Å². The normalized spacial score (nSPS) is 11.3. The molecule has 1 heterocycles. The van der Waals surface area contributed by atoms with Gasteiger partial charge in [0.1, 0.15) is 18.3 Å². The van der Waals surface area contributed by atoms with Gasteiger partial charge in [0.15, 0.2) is 11.0 Å². The summed E-state index contributed by atoms with van der Waals surface area (Å²) in [6.45, 7) is 29.0. The van der Waals surface area contributed by atoms with E-state index in [9.17, 15) is 8.78 Å². The van der Waals surface area contributed by atoms with Crippen molar-refractivity contribution >= 4 is 16.5 Å². The summed E-state index contributed by atoms with van der Waals surface area (Å²) >= 11 is 1.33. The Hall–Kier alpha value is -3.11. The molecule has 7 heteroatoms. The van der Waals surface area contributed by atoms with Crippen LogP contribution in [0.2, 0.25) is 0 Å². The number of hydrogen-bond donors (Lipinski definition) is 1. The highest BCUT2D eigenvalue weighted by molar-refractivity contribution is 7.13. The minimum Gasteiger partial charge on any atom is -0.478 e. The first-order chi connectivity index (χ1) is 18.7. The van der Waals surface area contributed by atoms with Crippen molar-refractivity contribution < 1.29 is 13.5 Å². The maximum absolute atomic E-state index is 13.9. The monoisotopic (exact) mass is 563 g/mol. The van der Waals surface area contributed by atoms with Crippen LogP contribution in [0.15, 0.2) is 78.7 Å². The Morgan fingerprint density at radius 2 is 1.82 bits per heavy atom. The molecule has 1 unspecified atom stereocenters. The highest BCUT2D eigenvalue weighted by atomic mass is 32.1. The first-order valence-corrected chi connectivity index (χ1v) is 14.5. The fraction of sp³-hybridized carbons (Fsp3) is 0.469. The van der Waals surface area contributed by atoms with E-state index in [1.165, 1.54) is 17.4 Å². The molecule has 220 valence electrons. The minimum atomic E-state index is -0.581. The number of anilines is 1. The van der Waals surface area contributed by atoms with E-state index in [2.05, 4.69) is 42.9 Å². The van der Waals surface area contributed by atoms with Crippen LogP contribution in [-0.2, 0) is 11.2 Å². The molecule has 1 atom stereocenters. The fourth-order valence-electron chi connectivity index (χ4n) is 2.52. The maximum atomic E-state index is 13.9. The zero-order valence-corrected chi connectivity index (χ0v) is 26.3. The first-order valence-electron chi connectivity index (χ1n) is 13.6. The maximum Gasteiger partial charge on any atom is 0.187 e. The molecule has 1 N–H and O–H groups in total. The van der Waals surface area contributed by atoms with E-state index in [1.807, 2.05) is 58.6 Å². The summed E-state index contributed by atoms with van der Waals surface area (Å²) in [5.74, 6) is 1.75. The third-order valence-electron chi connectivity index (χ3n) is 4.37. The summed E-state index contributed by atoms with van der Waals surface area (Å²) in [5.41, 5.74) is 1.20. The number of allylic oxidation sites excluding steroid dienone is 6. The van der Waals surface area contributed by atoms with Gasteiger partial charge in [0.2, 0.25) is 0 Å². The lowest BCUT2D eigenvalue weighted by Gasteiger charge is -2.27. The van der Waals surface area contributed by atoms with E-state index < -0.39 is 11.7 Å². The van der Waals surface area contributed by atoms with E-state index in [1.54, 1.807) is 18.4 Å². The highest BCUT2D eigenvalue weighted by Crippen LogP contribution is 2.21. The Balaban J connectivity index is -0.00000145. The molecule has 39 heavy (non-hydrogen) atoms. The lowest BCUT2D eigenvalue weighted by atomic mass is 10.2. The van der Waals surface area contributed by atoms with Crippen molar-refractivity contribution in [3.05, 3.63) is 84.4 Å². The summed E-state index contributed by atoms with van der Waals surface area (Å²) in [7, 11) is 0. The molecule has 0 aliphatic rings. The summed E-state index contributed by atoms with van der Waals surface area (Å²) in [5, 5.41) is 5.44. The van der Waals surface area contributed by atoms with Crippen molar-refractivity contribution in [2.75, 3.05) is 25.0 Å². The molecule has 1 aromatic heterocycles. The topological polar surface area (TPSA) is 37.4 Å². The summed E-state index contributed by atoms with van der Waals surface area (Å²) in [4.78, 5) is 6.29. The third kappa shape index (κ3) is 21.5. The summed E-state index contributed by atoms with van der Waals surface area (Å²) < 4.78 is 33.0. The quantitative estimate of drug-likeness (QED) is 0.0997. The van der Waals surface area contributed by atoms with Crippen molar-refractivity contribution in [2.24, 2.45) is 5.92 Å². The van der Waals surface area contributed by atoms with Gasteiger partial charge in [0.25, 0.3) is 0 Å². The van der Waals surface area contributed by atoms with Crippen molar-refractivity contribution in [3.8, 4) is 12.3 Å². The largest absolute Gasteiger partial charge is 0.478 e. The molecule has 0 saturated carbocycles. The number of halogens is 2. The SMILES string of the molecule is C#CC(C=C)COC(=C)N(CCC)CC(=C)Nc1nc(C/C(F)=C\C(F)=C/CC)cs1.C/C=C\C.CC.CC. The van der Waals surface area contributed by atoms with Gasteiger partial charge in [-0.05, 0) is 39.3 Å². The third-order valence-corrected chi connectivity index (χ3v) is 5.18. The van der Waals surface area contributed by atoms with Crippen LogP contribution in [0.25, 0.3) is 0 Å². The van der Waals surface area contributed by atoms with Crippen LogP contribution in [0.1, 0.15) is 73.9 Å². The fourth-order valence-corrected chi connectivity index (χ4v) is 3.27. The highest BCUT2D eigenvalue weighted by Gasteiger charge is 2.13. The zero-order valence-electron chi connectivity index (χ0n) is 25.4. The number of ether oxygens (including phenoxy) is 1. The second-order valence-electron chi connectivity index (χ2n) is 7.44. The average molecular weight is 564 g/mol. The van der Waals surface area contributed by atoms with Gasteiger partial charge >= 0.3 is 0 Å². The molecule has 1 aromatic rings. The number of rotatable bonds is 15. The van der Waals surface area contributed by atoms with Gasteiger partial charge in [0.05, 0.1) is 18.2 Å². The first kappa shape index (κ1) is 40.4. The zero-order chi connectivity index (χ0) is 30.6. The van der Waals surface area contributed by atoms with Crippen LogP contribution in [0.5, 0.6) is 0 Å². The van der Waals surface area contributed by atoms with Crippen LogP contribution in [0, 0.1) is 18.3 Å². The molecule has 0 spiro atoms. The van der Waals surface area contributed by atoms with Crippen LogP contribution in [0.3, 0.4) is 0 Å². The summed E-state index contributed by atoms with van der Waals surface area (Å²) in [6, 6.07) is 0. The number of nitrogens with one attached hydrogen (secondary N) is 1. The smallest absolute Gasteiger partial charge is 0.187 e. The Morgan fingerprint density at radius 3 is 2.31 bits per heavy atom. The van der Waals surface area contributed by atoms with Gasteiger partial charge < -0.3 is 15.0 Å². The standard InChI is InChI=1S/C24H31F2N3OS.C4H8.2C2H6/c1-7-11-21(25)13-22(26)14-23-17-31-24(28-23)27-18(5)15-29(12-8-2)19(6)30-16-20(9-3)10-4;1-3-4-2;2*1-2/h3,10-11,13,17,20H,4-8,12,14-16H2,1-2H3,(H,27,28);3-4H,1-2H3;2*1-2H3/b21-11+,22-13+;4-3-;;. The molecular formula is C32H51F2N3OS. The van der Waals surface area contributed by atoms with Gasteiger partial charge in [-0.15, -0.1) is 24.3 Å². The minimum absolute atomic E-state index is 0.0676. The Bertz CT molecular complexity index is 922. The van der Waals surface area contributed by atoms with Crippen LogP contribution in [-0.4, -0.2) is 29.6 Å². The second-order valence-corrected chi connectivity index (χ2v) is 8.30. The lowest BCUT2D eigenvalue weighted by molar-refractivity contribution is 0.112. The second kappa shape index (κ2) is 27.9. The number of nitrogens with zero attached hydrogens (tertiary/aromatic N) is 2. The predicted octanol–water partition coefficient (Wildman–Crippen LogP) is 10.00. The Labute approximate surface area is 242 Å². The molecule has 0 aromatic carbocycles. The van der Waals surface area contributed by atoms with Gasteiger partial charge in [-0.3, -0.25) is 0 Å². The van der Waals surface area contributed by atoms with Crippen LogP contribution < -0.4 is 5.32 Å². The van der Waals surface area contributed by atoms with Crippen molar-refractivity contribution in [2.45, 2.75) is 74.7 Å². The molecule has 0 amide bonds. The van der Waals surface area contributed by atoms with Gasteiger partial charge in [-0.1, -0.05) is 72.3 Å². The predicted molar refractivity (Wildman–Crippen MR) is 170 cm³/mol. The van der Waals surface area contributed by atoms with E-state index in [0.29, 0.717) is 42.0 Å². The Kier molecular flexibility index (Phi) is 28.9. The van der Waals surface area contributed by atoms with E-state index in [0.717, 1.165) is 19.0 Å². The van der Waals surface area contributed by atoms with Gasteiger partial charge in [-0.25, -0.2) is 13.8 Å². The molecule has 1 rings (SSSR count). The number of aromatic nitrogens is 1. The van der Waals surface area contributed by atoms with Crippen LogP contribution in [0.4, 0.5) is 13.9 Å². The number of terminal acetylenes is 1. The van der Waals surface area contributed by atoms with E-state index in [-0.39, 0.29) is 12.3 Å². The molecule has 0 saturated heterocycles. The molecule has 0 aliphatic heterocycles. The van der Waals surface area contributed by atoms with Gasteiger partial charge in [-0.2, -0.15) is 0 Å². The van der Waals surface area contributed by atoms with Crippen molar-refractivity contribution in [1.82, 2.24) is 9.88 Å². The van der Waals surface area contributed by atoms with E-state index >= 15 is 0 Å². The number of hydrogen-bond acceptors (Lipinski definition) is 5. The molecule has 0 aliphatic carbocycles. The van der Waals surface area contributed by atoms with Crippen molar-refractivity contribution in [3.63, 3.8) is 0 Å². The molecular weight excluding hydrogens is 512 g/mol.